The third-order valence-corrected chi connectivity index (χ3v) is 3.21. The van der Waals surface area contributed by atoms with Crippen LogP contribution in [0.3, 0.4) is 0 Å². The second-order valence-electron chi connectivity index (χ2n) is 5.61. The van der Waals surface area contributed by atoms with Crippen LogP contribution in [0.5, 0.6) is 0 Å². The lowest BCUT2D eigenvalue weighted by Crippen LogP contribution is -2.16. The van der Waals surface area contributed by atoms with Gasteiger partial charge in [0, 0.05) is 12.0 Å². The number of carboxylic acids is 1. The average Bonchev–Trinajstić information content (AvgIpc) is 2.42. The molecule has 1 unspecified atom stereocenters. The molecule has 1 atom stereocenters. The number of esters is 1. The number of hydrogen-bond acceptors (Lipinski definition) is 3. The van der Waals surface area contributed by atoms with Crippen molar-refractivity contribution >= 4 is 11.9 Å². The number of carbonyl (C=O) groups excluding carboxylic acids is 1. The molecule has 4 heteroatoms. The summed E-state index contributed by atoms with van der Waals surface area (Å²) < 4.78 is 5.54. The Kier molecular flexibility index (Phi) is 6.92. The Labute approximate surface area is 126 Å². The van der Waals surface area contributed by atoms with Gasteiger partial charge in [0.1, 0.15) is 6.10 Å². The lowest BCUT2D eigenvalue weighted by molar-refractivity contribution is -0.150. The van der Waals surface area contributed by atoms with Crippen molar-refractivity contribution in [2.75, 3.05) is 0 Å². The lowest BCUT2D eigenvalue weighted by atomic mass is 9.98. The van der Waals surface area contributed by atoms with Crippen LogP contribution in [-0.4, -0.2) is 17.0 Å². The highest BCUT2D eigenvalue weighted by molar-refractivity contribution is 5.89. The number of carboxylic acid groups (broad SMARTS) is 1. The summed E-state index contributed by atoms with van der Waals surface area (Å²) in [6, 6.07) is 6.73. The molecular formula is C17H24O4. The normalized spacial score (nSPS) is 12.2. The molecular weight excluding hydrogens is 268 g/mol. The third kappa shape index (κ3) is 5.58. The molecule has 1 N–H and O–H groups in total. The van der Waals surface area contributed by atoms with E-state index in [-0.39, 0.29) is 17.5 Å². The summed E-state index contributed by atoms with van der Waals surface area (Å²) in [5, 5.41) is 9.28. The molecule has 0 aliphatic rings. The molecule has 0 aromatic heterocycles. The van der Waals surface area contributed by atoms with Crippen LogP contribution in [0.15, 0.2) is 24.3 Å². The van der Waals surface area contributed by atoms with Gasteiger partial charge in [0.15, 0.2) is 0 Å². The van der Waals surface area contributed by atoms with E-state index in [0.29, 0.717) is 18.4 Å². The van der Waals surface area contributed by atoms with Crippen LogP contribution in [0.4, 0.5) is 0 Å². The monoisotopic (exact) mass is 292 g/mol. The fraction of sp³-hybridized carbons (Fsp3) is 0.529. The quantitative estimate of drug-likeness (QED) is 0.729. The van der Waals surface area contributed by atoms with Gasteiger partial charge in [-0.2, -0.15) is 0 Å². The Balaban J connectivity index is 2.96. The highest BCUT2D eigenvalue weighted by Gasteiger charge is 2.22. The molecule has 0 radical (unpaired) electrons. The molecule has 0 amide bonds. The molecule has 1 rings (SSSR count). The van der Waals surface area contributed by atoms with Crippen LogP contribution in [0.1, 0.15) is 68.5 Å². The first-order chi connectivity index (χ1) is 9.95. The van der Waals surface area contributed by atoms with Gasteiger partial charge in [0.05, 0.1) is 5.56 Å². The van der Waals surface area contributed by atoms with Crippen LogP contribution in [-0.2, 0) is 9.53 Å². The van der Waals surface area contributed by atoms with Crippen molar-refractivity contribution in [3.63, 3.8) is 0 Å². The van der Waals surface area contributed by atoms with Crippen molar-refractivity contribution in [3.05, 3.63) is 35.4 Å². The van der Waals surface area contributed by atoms with Crippen molar-refractivity contribution in [2.45, 2.75) is 52.6 Å². The Morgan fingerprint density at radius 1 is 1.24 bits per heavy atom. The summed E-state index contributed by atoms with van der Waals surface area (Å²) in [5.74, 6) is -1.04. The zero-order chi connectivity index (χ0) is 15.8. The summed E-state index contributed by atoms with van der Waals surface area (Å²) in [4.78, 5) is 23.2. The average molecular weight is 292 g/mol. The van der Waals surface area contributed by atoms with Gasteiger partial charge < -0.3 is 9.84 Å². The van der Waals surface area contributed by atoms with Gasteiger partial charge in [-0.15, -0.1) is 0 Å². The van der Waals surface area contributed by atoms with E-state index >= 15 is 0 Å². The number of hydrogen-bond donors (Lipinski definition) is 1. The first-order valence-electron chi connectivity index (χ1n) is 7.47. The zero-order valence-corrected chi connectivity index (χ0v) is 13.0. The van der Waals surface area contributed by atoms with Gasteiger partial charge in [0.2, 0.25) is 0 Å². The second kappa shape index (κ2) is 8.45. The predicted octanol–water partition coefficient (Wildman–Crippen LogP) is 4.21. The maximum absolute atomic E-state index is 11.9. The van der Waals surface area contributed by atoms with E-state index in [4.69, 9.17) is 4.74 Å². The van der Waals surface area contributed by atoms with Gasteiger partial charge in [-0.1, -0.05) is 45.4 Å². The van der Waals surface area contributed by atoms with Crippen LogP contribution >= 0.6 is 0 Å². The first-order valence-corrected chi connectivity index (χ1v) is 7.47. The van der Waals surface area contributed by atoms with Gasteiger partial charge in [-0.05, 0) is 24.8 Å². The largest absolute Gasteiger partial charge is 0.478 e. The Morgan fingerprint density at radius 3 is 2.48 bits per heavy atom. The van der Waals surface area contributed by atoms with Crippen molar-refractivity contribution in [1.82, 2.24) is 0 Å². The molecule has 0 spiro atoms. The van der Waals surface area contributed by atoms with Crippen molar-refractivity contribution < 1.29 is 19.4 Å². The highest BCUT2D eigenvalue weighted by atomic mass is 16.5. The number of carbonyl (C=O) groups is 2. The van der Waals surface area contributed by atoms with Crippen LogP contribution < -0.4 is 0 Å². The maximum Gasteiger partial charge on any atom is 0.336 e. The fourth-order valence-corrected chi connectivity index (χ4v) is 2.18. The van der Waals surface area contributed by atoms with E-state index in [1.165, 1.54) is 0 Å². The van der Waals surface area contributed by atoms with Crippen molar-refractivity contribution in [3.8, 4) is 0 Å². The van der Waals surface area contributed by atoms with E-state index in [2.05, 4.69) is 6.92 Å². The highest BCUT2D eigenvalue weighted by Crippen LogP contribution is 2.27. The molecule has 0 bridgehead atoms. The first kappa shape index (κ1) is 17.2. The van der Waals surface area contributed by atoms with E-state index in [1.54, 1.807) is 24.3 Å². The number of benzene rings is 1. The molecule has 116 valence electrons. The number of ether oxygens (including phenoxy) is 1. The van der Waals surface area contributed by atoms with Crippen LogP contribution in [0.25, 0.3) is 0 Å². The third-order valence-electron chi connectivity index (χ3n) is 3.21. The Morgan fingerprint density at radius 2 is 1.90 bits per heavy atom. The second-order valence-corrected chi connectivity index (χ2v) is 5.61. The summed E-state index contributed by atoms with van der Waals surface area (Å²) >= 11 is 0. The Bertz CT molecular complexity index is 479. The van der Waals surface area contributed by atoms with Gasteiger partial charge in [-0.25, -0.2) is 4.79 Å². The van der Waals surface area contributed by atoms with Crippen LogP contribution in [0.2, 0.25) is 0 Å². The van der Waals surface area contributed by atoms with E-state index in [1.807, 2.05) is 13.8 Å². The van der Waals surface area contributed by atoms with Gasteiger partial charge in [0.25, 0.3) is 0 Å². The molecule has 1 aromatic rings. The lowest BCUT2D eigenvalue weighted by Gasteiger charge is -2.20. The topological polar surface area (TPSA) is 63.6 Å². The number of aromatic carboxylic acids is 1. The minimum absolute atomic E-state index is 0.205. The molecule has 21 heavy (non-hydrogen) atoms. The summed E-state index contributed by atoms with van der Waals surface area (Å²) in [6.45, 7) is 5.96. The maximum atomic E-state index is 11.9. The smallest absolute Gasteiger partial charge is 0.336 e. The molecule has 0 saturated heterocycles. The molecule has 4 nitrogen and oxygen atoms in total. The van der Waals surface area contributed by atoms with Crippen LogP contribution in [0, 0.1) is 5.92 Å². The van der Waals surface area contributed by atoms with Gasteiger partial charge in [-0.3, -0.25) is 4.79 Å². The van der Waals surface area contributed by atoms with Crippen molar-refractivity contribution in [2.24, 2.45) is 5.92 Å². The number of unbranched alkanes of at least 4 members (excludes halogenated alkanes) is 1. The zero-order valence-electron chi connectivity index (χ0n) is 13.0. The SMILES string of the molecule is CCCCC(OC(=O)CC(C)C)c1ccccc1C(=O)O. The molecule has 1 aromatic carbocycles. The molecule has 0 saturated carbocycles. The van der Waals surface area contributed by atoms with Gasteiger partial charge >= 0.3 is 11.9 Å². The predicted molar refractivity (Wildman–Crippen MR) is 81.2 cm³/mol. The summed E-state index contributed by atoms with van der Waals surface area (Å²) in [7, 11) is 0. The minimum atomic E-state index is -0.994. The standard InChI is InChI=1S/C17H24O4/c1-4-5-10-15(21-16(18)11-12(2)3)13-8-6-7-9-14(13)17(19)20/h6-9,12,15H,4-5,10-11H2,1-3H3,(H,19,20). The molecule has 0 heterocycles. The number of rotatable bonds is 8. The summed E-state index contributed by atoms with van der Waals surface area (Å²) in [6.07, 6.45) is 2.35. The Hall–Kier alpha value is -1.84. The van der Waals surface area contributed by atoms with Crippen molar-refractivity contribution in [1.29, 1.82) is 0 Å². The fourth-order valence-electron chi connectivity index (χ4n) is 2.18. The summed E-state index contributed by atoms with van der Waals surface area (Å²) in [5.41, 5.74) is 0.784. The van der Waals surface area contributed by atoms with E-state index in [9.17, 15) is 14.7 Å². The minimum Gasteiger partial charge on any atom is -0.478 e. The molecule has 0 aliphatic carbocycles. The van der Waals surface area contributed by atoms with E-state index < -0.39 is 12.1 Å². The van der Waals surface area contributed by atoms with E-state index in [0.717, 1.165) is 12.8 Å². The molecule has 0 aliphatic heterocycles. The molecule has 0 fully saturated rings.